The Kier molecular flexibility index (Phi) is 3.50. The number of nitrogens with zero attached hydrogens (tertiary/aromatic N) is 2. The van der Waals surface area contributed by atoms with Gasteiger partial charge in [0.15, 0.2) is 0 Å². The van der Waals surface area contributed by atoms with Gasteiger partial charge in [0.25, 0.3) is 0 Å². The van der Waals surface area contributed by atoms with E-state index in [1.54, 1.807) is 0 Å². The molecule has 1 aromatic rings. The van der Waals surface area contributed by atoms with Crippen molar-refractivity contribution in [2.24, 2.45) is 0 Å². The molecular weight excluding hydrogens is 244 g/mol. The molecule has 1 atom stereocenters. The second-order valence-electron chi connectivity index (χ2n) is 4.21. The summed E-state index contributed by atoms with van der Waals surface area (Å²) < 4.78 is 30.1. The van der Waals surface area contributed by atoms with Crippen LogP contribution in [0.25, 0.3) is 0 Å². The van der Waals surface area contributed by atoms with E-state index in [-0.39, 0.29) is 17.9 Å². The zero-order valence-corrected chi connectivity index (χ0v) is 10.5. The van der Waals surface area contributed by atoms with Gasteiger partial charge in [-0.25, -0.2) is 13.4 Å². The summed E-state index contributed by atoms with van der Waals surface area (Å²) in [6, 6.07) is 0. The van der Waals surface area contributed by atoms with Crippen LogP contribution >= 0.6 is 0 Å². The highest BCUT2D eigenvalue weighted by Crippen LogP contribution is 2.18. The number of hydrogen-bond acceptors (Lipinski definition) is 5. The van der Waals surface area contributed by atoms with Gasteiger partial charge in [0, 0.05) is 12.9 Å². The fraction of sp³-hybridized carbons (Fsp3) is 0.700. The number of aromatic nitrogens is 2. The lowest BCUT2D eigenvalue weighted by Crippen LogP contribution is -2.20. The van der Waals surface area contributed by atoms with E-state index in [1.165, 1.54) is 10.8 Å². The van der Waals surface area contributed by atoms with E-state index in [9.17, 15) is 13.5 Å². The number of aliphatic hydroxyl groups is 1. The monoisotopic (exact) mass is 260 g/mol. The average molecular weight is 260 g/mol. The Morgan fingerprint density at radius 1 is 1.65 bits per heavy atom. The Labute approximate surface area is 100 Å². The Balaban J connectivity index is 2.31. The lowest BCUT2D eigenvalue weighted by Gasteiger charge is -2.14. The van der Waals surface area contributed by atoms with Crippen LogP contribution in [0.1, 0.15) is 18.5 Å². The highest BCUT2D eigenvalue weighted by atomic mass is 32.2. The molecule has 17 heavy (non-hydrogen) atoms. The molecule has 2 heterocycles. The summed E-state index contributed by atoms with van der Waals surface area (Å²) >= 11 is 0. The van der Waals surface area contributed by atoms with E-state index in [2.05, 4.69) is 4.98 Å². The second-order valence-corrected chi connectivity index (χ2v) is 6.12. The molecule has 0 bridgehead atoms. The van der Waals surface area contributed by atoms with Gasteiger partial charge in [0.05, 0.1) is 31.1 Å². The molecular formula is C10H16N2O4S. The number of sulfone groups is 1. The molecule has 1 N–H and O–H groups in total. The number of aliphatic hydroxyl groups excluding tert-OH is 1. The molecule has 1 aliphatic heterocycles. The molecule has 7 heteroatoms. The smallest absolute Gasteiger partial charge is 0.227 e. The van der Waals surface area contributed by atoms with Gasteiger partial charge in [-0.05, 0) is 12.8 Å². The number of rotatable bonds is 4. The van der Waals surface area contributed by atoms with E-state index < -0.39 is 9.84 Å². The largest absolute Gasteiger partial charge is 0.390 e. The molecule has 96 valence electrons. The fourth-order valence-corrected chi connectivity index (χ4v) is 2.84. The SMILES string of the molecule is CS(=O)(=O)c1ncc(CO)n1CC1CCCO1. The van der Waals surface area contributed by atoms with Crippen molar-refractivity contribution in [2.75, 3.05) is 12.9 Å². The molecule has 6 nitrogen and oxygen atoms in total. The number of imidazole rings is 1. The summed E-state index contributed by atoms with van der Waals surface area (Å²) in [7, 11) is -3.38. The van der Waals surface area contributed by atoms with Gasteiger partial charge in [0.2, 0.25) is 15.0 Å². The lowest BCUT2D eigenvalue weighted by atomic mass is 10.2. The standard InChI is InChI=1S/C10H16N2O4S/c1-17(14,15)10-11-5-8(7-13)12(10)6-9-3-2-4-16-9/h5,9,13H,2-4,6-7H2,1H3. The zero-order valence-electron chi connectivity index (χ0n) is 9.66. The molecule has 1 saturated heterocycles. The van der Waals surface area contributed by atoms with E-state index in [4.69, 9.17) is 4.74 Å². The Bertz CT molecular complexity index is 488. The van der Waals surface area contributed by atoms with Crippen molar-refractivity contribution in [3.8, 4) is 0 Å². The Morgan fingerprint density at radius 2 is 2.41 bits per heavy atom. The maximum Gasteiger partial charge on any atom is 0.227 e. The van der Waals surface area contributed by atoms with Crippen molar-refractivity contribution < 1.29 is 18.3 Å². The maximum absolute atomic E-state index is 11.6. The van der Waals surface area contributed by atoms with E-state index >= 15 is 0 Å². The Hall–Kier alpha value is -0.920. The summed E-state index contributed by atoms with van der Waals surface area (Å²) in [5.41, 5.74) is 0.501. The fourth-order valence-electron chi connectivity index (χ4n) is 2.00. The molecule has 0 aromatic carbocycles. The molecule has 1 unspecified atom stereocenters. The lowest BCUT2D eigenvalue weighted by molar-refractivity contribution is 0.0929. The normalized spacial score (nSPS) is 20.9. The maximum atomic E-state index is 11.6. The van der Waals surface area contributed by atoms with E-state index in [0.29, 0.717) is 18.8 Å². The van der Waals surface area contributed by atoms with Crippen molar-refractivity contribution in [1.29, 1.82) is 0 Å². The van der Waals surface area contributed by atoms with Crippen LogP contribution in [0.2, 0.25) is 0 Å². The second kappa shape index (κ2) is 4.75. The van der Waals surface area contributed by atoms with Crippen LogP contribution in [0.15, 0.2) is 11.4 Å². The molecule has 0 saturated carbocycles. The van der Waals surface area contributed by atoms with Crippen LogP contribution in [-0.2, 0) is 27.7 Å². The molecule has 0 amide bonds. The summed E-state index contributed by atoms with van der Waals surface area (Å²) in [4.78, 5) is 3.86. The van der Waals surface area contributed by atoms with Crippen LogP contribution in [0, 0.1) is 0 Å². The first kappa shape index (κ1) is 12.5. The van der Waals surface area contributed by atoms with Crippen LogP contribution in [0.4, 0.5) is 0 Å². The van der Waals surface area contributed by atoms with E-state index in [1.807, 2.05) is 0 Å². The summed E-state index contributed by atoms with van der Waals surface area (Å²) in [6.45, 7) is 0.912. The third-order valence-corrected chi connectivity index (χ3v) is 3.79. The van der Waals surface area contributed by atoms with Crippen molar-refractivity contribution in [2.45, 2.75) is 37.3 Å². The van der Waals surface area contributed by atoms with Crippen molar-refractivity contribution in [1.82, 2.24) is 9.55 Å². The first-order chi connectivity index (χ1) is 8.02. The summed E-state index contributed by atoms with van der Waals surface area (Å²) in [5.74, 6) is 0. The summed E-state index contributed by atoms with van der Waals surface area (Å²) in [6.07, 6.45) is 4.41. The first-order valence-corrected chi connectivity index (χ1v) is 7.38. The molecule has 2 rings (SSSR count). The quantitative estimate of drug-likeness (QED) is 0.821. The van der Waals surface area contributed by atoms with Crippen molar-refractivity contribution >= 4 is 9.84 Å². The van der Waals surface area contributed by atoms with Crippen molar-refractivity contribution in [3.05, 3.63) is 11.9 Å². The predicted octanol–water partition coefficient (Wildman–Crippen LogP) is -0.0421. The third-order valence-electron chi connectivity index (χ3n) is 2.81. The topological polar surface area (TPSA) is 81.4 Å². The molecule has 0 radical (unpaired) electrons. The average Bonchev–Trinajstić information content (AvgIpc) is 2.86. The molecule has 1 aliphatic rings. The minimum Gasteiger partial charge on any atom is -0.390 e. The van der Waals surface area contributed by atoms with Gasteiger partial charge in [-0.15, -0.1) is 0 Å². The minimum absolute atomic E-state index is 0.00273. The van der Waals surface area contributed by atoms with Crippen LogP contribution in [0.3, 0.4) is 0 Å². The molecule has 1 aromatic heterocycles. The number of ether oxygens (including phenoxy) is 1. The van der Waals surface area contributed by atoms with Gasteiger partial charge < -0.3 is 14.4 Å². The van der Waals surface area contributed by atoms with Crippen LogP contribution in [-0.4, -0.2) is 42.0 Å². The van der Waals surface area contributed by atoms with Crippen LogP contribution < -0.4 is 0 Å². The molecule has 1 fully saturated rings. The third kappa shape index (κ3) is 2.67. The molecule has 0 spiro atoms. The van der Waals surface area contributed by atoms with Gasteiger partial charge in [-0.2, -0.15) is 0 Å². The van der Waals surface area contributed by atoms with Gasteiger partial charge in [-0.1, -0.05) is 0 Å². The highest BCUT2D eigenvalue weighted by molar-refractivity contribution is 7.90. The van der Waals surface area contributed by atoms with Crippen molar-refractivity contribution in [3.63, 3.8) is 0 Å². The zero-order chi connectivity index (χ0) is 12.5. The predicted molar refractivity (Wildman–Crippen MR) is 60.2 cm³/mol. The van der Waals surface area contributed by atoms with Gasteiger partial charge in [0.1, 0.15) is 0 Å². The number of hydrogen-bond donors (Lipinski definition) is 1. The molecule has 0 aliphatic carbocycles. The first-order valence-electron chi connectivity index (χ1n) is 5.49. The Morgan fingerprint density at radius 3 is 2.94 bits per heavy atom. The van der Waals surface area contributed by atoms with Gasteiger partial charge >= 0.3 is 0 Å². The van der Waals surface area contributed by atoms with Crippen LogP contribution in [0.5, 0.6) is 0 Å². The van der Waals surface area contributed by atoms with E-state index in [0.717, 1.165) is 19.1 Å². The highest BCUT2D eigenvalue weighted by Gasteiger charge is 2.23. The van der Waals surface area contributed by atoms with Gasteiger partial charge in [-0.3, -0.25) is 0 Å². The minimum atomic E-state index is -3.38. The summed E-state index contributed by atoms with van der Waals surface area (Å²) in [5, 5.41) is 9.17.